The van der Waals surface area contributed by atoms with Crippen LogP contribution in [-0.4, -0.2) is 5.11 Å². The van der Waals surface area contributed by atoms with Crippen molar-refractivity contribution in [3.63, 3.8) is 0 Å². The van der Waals surface area contributed by atoms with Crippen LogP contribution in [0.15, 0.2) is 103 Å². The topological polar surface area (TPSA) is 20.2 Å². The molecule has 0 unspecified atom stereocenters. The molecule has 2 heteroatoms. The Labute approximate surface area is 188 Å². The van der Waals surface area contributed by atoms with Crippen LogP contribution >= 0.6 is 0 Å². The summed E-state index contributed by atoms with van der Waals surface area (Å²) < 4.78 is 0. The van der Waals surface area contributed by atoms with Gasteiger partial charge in [0, 0.05) is 21.1 Å². The molecule has 0 aliphatic carbocycles. The summed E-state index contributed by atoms with van der Waals surface area (Å²) in [5, 5.41) is 19.7. The van der Waals surface area contributed by atoms with Crippen LogP contribution in [-0.2, 0) is 21.1 Å². The molecule has 0 atom stereocenters. The predicted molar refractivity (Wildman–Crippen MR) is 124 cm³/mol. The van der Waals surface area contributed by atoms with Crippen molar-refractivity contribution in [2.45, 2.75) is 0 Å². The van der Waals surface area contributed by atoms with Gasteiger partial charge in [0.15, 0.2) is 0 Å². The SMILES string of the molecule is Oc1ccc(-c2cccc3cc4ccc5cc6ccccc6cc5c4cc23)cc1.[W]. The van der Waals surface area contributed by atoms with Crippen molar-refractivity contribution < 1.29 is 26.2 Å². The molecule has 30 heavy (non-hydrogen) atoms. The smallest absolute Gasteiger partial charge is 0.115 e. The van der Waals surface area contributed by atoms with Gasteiger partial charge in [-0.05, 0) is 90.6 Å². The normalized spacial score (nSPS) is 11.2. The summed E-state index contributed by atoms with van der Waals surface area (Å²) in [6.45, 7) is 0. The minimum absolute atomic E-state index is 0. The summed E-state index contributed by atoms with van der Waals surface area (Å²) >= 11 is 0. The van der Waals surface area contributed by atoms with E-state index in [2.05, 4.69) is 78.9 Å². The number of aromatic hydroxyl groups is 1. The van der Waals surface area contributed by atoms with Crippen molar-refractivity contribution in [2.24, 2.45) is 0 Å². The van der Waals surface area contributed by atoms with E-state index in [1.807, 2.05) is 12.1 Å². The maximum atomic E-state index is 9.66. The number of benzene rings is 6. The molecule has 0 aliphatic rings. The molecular formula is C28H18OW. The van der Waals surface area contributed by atoms with E-state index in [1.165, 1.54) is 48.7 Å². The van der Waals surface area contributed by atoms with Gasteiger partial charge in [-0.1, -0.05) is 66.7 Å². The Morgan fingerprint density at radius 2 is 1.00 bits per heavy atom. The van der Waals surface area contributed by atoms with Crippen LogP contribution in [0.2, 0.25) is 0 Å². The number of hydrogen-bond donors (Lipinski definition) is 1. The first kappa shape index (κ1) is 18.9. The van der Waals surface area contributed by atoms with Gasteiger partial charge >= 0.3 is 0 Å². The van der Waals surface area contributed by atoms with Gasteiger partial charge in [-0.25, -0.2) is 0 Å². The van der Waals surface area contributed by atoms with Crippen LogP contribution in [0, 0.1) is 0 Å². The van der Waals surface area contributed by atoms with Gasteiger partial charge in [0.2, 0.25) is 0 Å². The Hall–Kier alpha value is -3.15. The molecule has 142 valence electrons. The number of rotatable bonds is 1. The average molecular weight is 554 g/mol. The van der Waals surface area contributed by atoms with E-state index in [-0.39, 0.29) is 26.8 Å². The summed E-state index contributed by atoms with van der Waals surface area (Å²) in [5.74, 6) is 0.289. The number of fused-ring (bicyclic) bond motifs is 5. The van der Waals surface area contributed by atoms with E-state index in [9.17, 15) is 5.11 Å². The van der Waals surface area contributed by atoms with Gasteiger partial charge in [0.05, 0.1) is 0 Å². The van der Waals surface area contributed by atoms with Crippen LogP contribution in [0.25, 0.3) is 54.2 Å². The molecule has 0 saturated carbocycles. The van der Waals surface area contributed by atoms with E-state index in [0.29, 0.717) is 0 Å². The van der Waals surface area contributed by atoms with Gasteiger partial charge in [-0.3, -0.25) is 0 Å². The maximum absolute atomic E-state index is 9.66. The zero-order valence-electron chi connectivity index (χ0n) is 16.2. The molecule has 0 amide bonds. The van der Waals surface area contributed by atoms with Gasteiger partial charge in [0.25, 0.3) is 0 Å². The first-order chi connectivity index (χ1) is 14.3. The molecule has 1 N–H and O–H groups in total. The summed E-state index contributed by atoms with van der Waals surface area (Å²) in [6.07, 6.45) is 0. The van der Waals surface area contributed by atoms with Crippen molar-refractivity contribution in [1.82, 2.24) is 0 Å². The number of hydrogen-bond acceptors (Lipinski definition) is 1. The molecule has 0 spiro atoms. The second-order valence-electron chi connectivity index (χ2n) is 7.63. The summed E-state index contributed by atoms with van der Waals surface area (Å²) in [4.78, 5) is 0. The van der Waals surface area contributed by atoms with E-state index >= 15 is 0 Å². The van der Waals surface area contributed by atoms with Crippen LogP contribution in [0.3, 0.4) is 0 Å². The molecule has 0 saturated heterocycles. The van der Waals surface area contributed by atoms with Crippen LogP contribution in [0.1, 0.15) is 0 Å². The maximum Gasteiger partial charge on any atom is 0.115 e. The molecule has 6 aromatic rings. The average Bonchev–Trinajstić information content (AvgIpc) is 2.76. The fraction of sp³-hybridized carbons (Fsp3) is 0. The van der Waals surface area contributed by atoms with Gasteiger partial charge in [-0.15, -0.1) is 0 Å². The third-order valence-electron chi connectivity index (χ3n) is 5.88. The number of phenolic OH excluding ortho intramolecular Hbond substituents is 1. The van der Waals surface area contributed by atoms with E-state index in [0.717, 1.165) is 5.56 Å². The van der Waals surface area contributed by atoms with Gasteiger partial charge in [0.1, 0.15) is 5.75 Å². The van der Waals surface area contributed by atoms with Crippen LogP contribution in [0.4, 0.5) is 0 Å². The molecule has 0 fully saturated rings. The summed E-state index contributed by atoms with van der Waals surface area (Å²) in [5.41, 5.74) is 2.29. The Morgan fingerprint density at radius 1 is 0.433 bits per heavy atom. The fourth-order valence-corrected chi connectivity index (χ4v) is 4.42. The van der Waals surface area contributed by atoms with Crippen molar-refractivity contribution in [3.05, 3.63) is 103 Å². The minimum Gasteiger partial charge on any atom is -0.508 e. The molecule has 0 aromatic heterocycles. The quantitative estimate of drug-likeness (QED) is 0.163. The first-order valence-corrected chi connectivity index (χ1v) is 9.84. The third-order valence-corrected chi connectivity index (χ3v) is 5.88. The predicted octanol–water partition coefficient (Wildman–Crippen LogP) is 7.67. The van der Waals surface area contributed by atoms with Crippen LogP contribution in [0.5, 0.6) is 5.75 Å². The summed E-state index contributed by atoms with van der Waals surface area (Å²) in [6, 6.07) is 36.0. The molecule has 0 radical (unpaired) electrons. The zero-order valence-corrected chi connectivity index (χ0v) is 19.1. The number of phenols is 1. The summed E-state index contributed by atoms with van der Waals surface area (Å²) in [7, 11) is 0. The van der Waals surface area contributed by atoms with Crippen molar-refractivity contribution >= 4 is 43.1 Å². The van der Waals surface area contributed by atoms with E-state index in [4.69, 9.17) is 0 Å². The first-order valence-electron chi connectivity index (χ1n) is 9.84. The van der Waals surface area contributed by atoms with Crippen molar-refractivity contribution in [1.29, 1.82) is 0 Å². The Balaban J connectivity index is 0.00000193. The molecular weight excluding hydrogens is 536 g/mol. The van der Waals surface area contributed by atoms with Gasteiger partial charge in [-0.2, -0.15) is 0 Å². The second kappa shape index (κ2) is 7.27. The Morgan fingerprint density at radius 3 is 1.73 bits per heavy atom. The van der Waals surface area contributed by atoms with E-state index < -0.39 is 0 Å². The van der Waals surface area contributed by atoms with Crippen LogP contribution < -0.4 is 0 Å². The van der Waals surface area contributed by atoms with Crippen molar-refractivity contribution in [3.8, 4) is 16.9 Å². The van der Waals surface area contributed by atoms with Crippen molar-refractivity contribution in [2.75, 3.05) is 0 Å². The minimum atomic E-state index is 0. The molecule has 0 bridgehead atoms. The third kappa shape index (κ3) is 2.98. The monoisotopic (exact) mass is 554 g/mol. The molecule has 0 heterocycles. The second-order valence-corrected chi connectivity index (χ2v) is 7.63. The fourth-order valence-electron chi connectivity index (χ4n) is 4.42. The van der Waals surface area contributed by atoms with Gasteiger partial charge < -0.3 is 5.11 Å². The Kier molecular flexibility index (Phi) is 4.57. The van der Waals surface area contributed by atoms with E-state index in [1.54, 1.807) is 12.1 Å². The molecule has 1 nitrogen and oxygen atoms in total. The molecule has 0 aliphatic heterocycles. The zero-order chi connectivity index (χ0) is 19.4. The molecule has 6 rings (SSSR count). The standard InChI is InChI=1S/C28H18O.W/c29-24-12-10-18(11-13-24)25-7-3-6-21-15-23-9-8-22-14-19-4-1-2-5-20(19)16-26(22)28(23)17-27(21)25;/h1-17,29H;. The largest absolute Gasteiger partial charge is 0.508 e. The Bertz CT molecular complexity index is 1550. The molecule has 6 aromatic carbocycles.